The molecule has 1 unspecified atom stereocenters. The van der Waals surface area contributed by atoms with Gasteiger partial charge in [-0.2, -0.15) is 0 Å². The van der Waals surface area contributed by atoms with Gasteiger partial charge in [0.1, 0.15) is 0 Å². The van der Waals surface area contributed by atoms with Crippen LogP contribution in [0.1, 0.15) is 23.6 Å². The van der Waals surface area contributed by atoms with E-state index in [1.807, 2.05) is 18.2 Å². The summed E-state index contributed by atoms with van der Waals surface area (Å²) in [5.41, 5.74) is 2.32. The van der Waals surface area contributed by atoms with Crippen LogP contribution in [0.25, 0.3) is 0 Å². The van der Waals surface area contributed by atoms with Gasteiger partial charge in [-0.25, -0.2) is 4.79 Å². The molecule has 1 aliphatic rings. The van der Waals surface area contributed by atoms with E-state index in [2.05, 4.69) is 11.9 Å². The molecule has 2 rings (SSSR count). The van der Waals surface area contributed by atoms with E-state index >= 15 is 0 Å². The molecule has 0 bridgehead atoms. The Balaban J connectivity index is 2.04. The molecule has 0 saturated heterocycles. The molecule has 4 nitrogen and oxygen atoms in total. The van der Waals surface area contributed by atoms with E-state index in [0.717, 1.165) is 23.4 Å². The molecule has 2 N–H and O–H groups in total. The zero-order valence-corrected chi connectivity index (χ0v) is 12.1. The summed E-state index contributed by atoms with van der Waals surface area (Å²) >= 11 is 5.98. The third-order valence-electron chi connectivity index (χ3n) is 3.49. The predicted octanol–water partition coefficient (Wildman–Crippen LogP) is 2.52. The van der Waals surface area contributed by atoms with Gasteiger partial charge in [0.05, 0.1) is 12.6 Å². The fourth-order valence-electron chi connectivity index (χ4n) is 2.53. The number of carbonyl (C=O) groups is 1. The number of aliphatic hydroxyl groups excluding tert-OH is 1. The van der Waals surface area contributed by atoms with Crippen molar-refractivity contribution in [3.8, 4) is 0 Å². The summed E-state index contributed by atoms with van der Waals surface area (Å²) in [4.78, 5) is 13.7. The van der Waals surface area contributed by atoms with Crippen LogP contribution in [0.15, 0.2) is 30.9 Å². The molecule has 0 aliphatic heterocycles. The standard InChI is InChI=1S/C15H19ClN2O2/c1-2-7-18(8-9-19)15(20)17-14-6-3-11-10-12(16)4-5-13(11)14/h2,4-5,10,14,19H,1,3,6-9H2,(H,17,20). The number of nitrogens with one attached hydrogen (secondary N) is 1. The molecule has 0 aromatic heterocycles. The average Bonchev–Trinajstić information content (AvgIpc) is 2.80. The van der Waals surface area contributed by atoms with Gasteiger partial charge in [-0.15, -0.1) is 6.58 Å². The predicted molar refractivity (Wildman–Crippen MR) is 79.9 cm³/mol. The van der Waals surface area contributed by atoms with Crippen molar-refractivity contribution in [2.24, 2.45) is 0 Å². The highest BCUT2D eigenvalue weighted by atomic mass is 35.5. The maximum atomic E-state index is 12.2. The number of rotatable bonds is 5. The lowest BCUT2D eigenvalue weighted by molar-refractivity contribution is 0.180. The Hall–Kier alpha value is -1.52. The number of amides is 2. The smallest absolute Gasteiger partial charge is 0.318 e. The lowest BCUT2D eigenvalue weighted by atomic mass is 10.1. The third kappa shape index (κ3) is 3.32. The Morgan fingerprint density at radius 1 is 1.60 bits per heavy atom. The van der Waals surface area contributed by atoms with E-state index in [9.17, 15) is 4.79 Å². The molecule has 0 spiro atoms. The summed E-state index contributed by atoms with van der Waals surface area (Å²) in [7, 11) is 0. The molecule has 20 heavy (non-hydrogen) atoms. The van der Waals surface area contributed by atoms with Gasteiger partial charge in [-0.05, 0) is 36.1 Å². The lowest BCUT2D eigenvalue weighted by Crippen LogP contribution is -2.42. The second-order valence-electron chi connectivity index (χ2n) is 4.84. The van der Waals surface area contributed by atoms with Crippen LogP contribution in [0, 0.1) is 0 Å². The molecule has 0 fully saturated rings. The van der Waals surface area contributed by atoms with Crippen molar-refractivity contribution in [3.05, 3.63) is 47.0 Å². The number of nitrogens with zero attached hydrogens (tertiary/aromatic N) is 1. The van der Waals surface area contributed by atoms with E-state index in [4.69, 9.17) is 16.7 Å². The highest BCUT2D eigenvalue weighted by Gasteiger charge is 2.25. The Labute approximate surface area is 124 Å². The SMILES string of the molecule is C=CCN(CCO)C(=O)NC1CCc2cc(Cl)ccc21. The molecule has 1 aromatic rings. The minimum Gasteiger partial charge on any atom is -0.395 e. The number of urea groups is 1. The zero-order valence-electron chi connectivity index (χ0n) is 11.3. The molecular weight excluding hydrogens is 276 g/mol. The van der Waals surface area contributed by atoms with Gasteiger partial charge in [-0.3, -0.25) is 0 Å². The van der Waals surface area contributed by atoms with Gasteiger partial charge in [0.2, 0.25) is 0 Å². The first-order valence-electron chi connectivity index (χ1n) is 6.71. The van der Waals surface area contributed by atoms with E-state index in [1.165, 1.54) is 5.56 Å². The first-order valence-corrected chi connectivity index (χ1v) is 7.09. The molecular formula is C15H19ClN2O2. The van der Waals surface area contributed by atoms with Crippen LogP contribution in [0.3, 0.4) is 0 Å². The zero-order chi connectivity index (χ0) is 14.5. The first-order chi connectivity index (χ1) is 9.65. The number of hydrogen-bond donors (Lipinski definition) is 2. The number of aliphatic hydroxyl groups is 1. The van der Waals surface area contributed by atoms with Crippen LogP contribution in [0.5, 0.6) is 0 Å². The maximum Gasteiger partial charge on any atom is 0.318 e. The third-order valence-corrected chi connectivity index (χ3v) is 3.72. The number of halogens is 1. The van der Waals surface area contributed by atoms with Crippen LogP contribution in [0.2, 0.25) is 5.02 Å². The average molecular weight is 295 g/mol. The quantitative estimate of drug-likeness (QED) is 0.820. The van der Waals surface area contributed by atoms with Gasteiger partial charge in [0, 0.05) is 18.1 Å². The number of carbonyl (C=O) groups excluding carboxylic acids is 1. The summed E-state index contributed by atoms with van der Waals surface area (Å²) in [5.74, 6) is 0. The second kappa shape index (κ2) is 6.77. The van der Waals surface area contributed by atoms with Crippen LogP contribution in [-0.4, -0.2) is 35.7 Å². The molecule has 1 atom stereocenters. The molecule has 0 saturated carbocycles. The molecule has 1 aromatic carbocycles. The van der Waals surface area contributed by atoms with Crippen molar-refractivity contribution in [2.75, 3.05) is 19.7 Å². The molecule has 2 amide bonds. The molecule has 0 radical (unpaired) electrons. The summed E-state index contributed by atoms with van der Waals surface area (Å²) in [5, 5.41) is 12.7. The van der Waals surface area contributed by atoms with Crippen molar-refractivity contribution in [1.29, 1.82) is 0 Å². The Morgan fingerprint density at radius 2 is 2.40 bits per heavy atom. The van der Waals surface area contributed by atoms with Gasteiger partial charge in [0.25, 0.3) is 0 Å². The summed E-state index contributed by atoms with van der Waals surface area (Å²) in [6.45, 7) is 4.29. The van der Waals surface area contributed by atoms with E-state index in [0.29, 0.717) is 13.1 Å². The number of benzene rings is 1. The molecule has 0 heterocycles. The first kappa shape index (κ1) is 14.9. The summed E-state index contributed by atoms with van der Waals surface area (Å²) in [6.07, 6.45) is 3.45. The van der Waals surface area contributed by atoms with Crippen molar-refractivity contribution in [1.82, 2.24) is 10.2 Å². The lowest BCUT2D eigenvalue weighted by Gasteiger charge is -2.23. The maximum absolute atomic E-state index is 12.2. The van der Waals surface area contributed by atoms with Crippen LogP contribution in [0.4, 0.5) is 4.79 Å². The van der Waals surface area contributed by atoms with Crippen LogP contribution in [-0.2, 0) is 6.42 Å². The van der Waals surface area contributed by atoms with Crippen molar-refractivity contribution >= 4 is 17.6 Å². The van der Waals surface area contributed by atoms with Crippen molar-refractivity contribution < 1.29 is 9.90 Å². The van der Waals surface area contributed by atoms with E-state index in [1.54, 1.807) is 11.0 Å². The normalized spacial score (nSPS) is 16.6. The molecule has 108 valence electrons. The molecule has 1 aliphatic carbocycles. The fourth-order valence-corrected chi connectivity index (χ4v) is 2.72. The Bertz CT molecular complexity index is 505. The van der Waals surface area contributed by atoms with Gasteiger partial charge in [-0.1, -0.05) is 23.7 Å². The van der Waals surface area contributed by atoms with Crippen LogP contribution < -0.4 is 5.32 Å². The largest absolute Gasteiger partial charge is 0.395 e. The van der Waals surface area contributed by atoms with Crippen LogP contribution >= 0.6 is 11.6 Å². The van der Waals surface area contributed by atoms with Crippen molar-refractivity contribution in [2.45, 2.75) is 18.9 Å². The Morgan fingerprint density at radius 3 is 3.10 bits per heavy atom. The minimum absolute atomic E-state index is 0.0146. The van der Waals surface area contributed by atoms with Gasteiger partial charge >= 0.3 is 6.03 Å². The monoisotopic (exact) mass is 294 g/mol. The summed E-state index contributed by atoms with van der Waals surface area (Å²) < 4.78 is 0. The second-order valence-corrected chi connectivity index (χ2v) is 5.28. The highest BCUT2D eigenvalue weighted by Crippen LogP contribution is 2.32. The fraction of sp³-hybridized carbons (Fsp3) is 0.400. The number of fused-ring (bicyclic) bond motifs is 1. The minimum atomic E-state index is -0.174. The summed E-state index contributed by atoms with van der Waals surface area (Å²) in [6, 6.07) is 5.62. The number of hydrogen-bond acceptors (Lipinski definition) is 2. The highest BCUT2D eigenvalue weighted by molar-refractivity contribution is 6.30. The molecule has 5 heteroatoms. The topological polar surface area (TPSA) is 52.6 Å². The number of aryl methyl sites for hydroxylation is 1. The Kier molecular flexibility index (Phi) is 5.04. The van der Waals surface area contributed by atoms with E-state index < -0.39 is 0 Å². The van der Waals surface area contributed by atoms with Crippen molar-refractivity contribution in [3.63, 3.8) is 0 Å². The van der Waals surface area contributed by atoms with Gasteiger partial charge in [0.15, 0.2) is 0 Å². The van der Waals surface area contributed by atoms with Gasteiger partial charge < -0.3 is 15.3 Å². The van der Waals surface area contributed by atoms with E-state index in [-0.39, 0.29) is 18.7 Å².